The molecule has 0 aliphatic carbocycles. The van der Waals surface area contributed by atoms with E-state index in [9.17, 15) is 9.59 Å². The number of H-pyrrole nitrogens is 1. The molecular weight excluding hydrogens is 216 g/mol. The van der Waals surface area contributed by atoms with Gasteiger partial charge in [0.1, 0.15) is 0 Å². The third kappa shape index (κ3) is 1.85. The zero-order chi connectivity index (χ0) is 10.8. The summed E-state index contributed by atoms with van der Waals surface area (Å²) in [4.78, 5) is 24.8. The number of aromatic amines is 1. The first-order valence-electron chi connectivity index (χ1n) is 4.25. The van der Waals surface area contributed by atoms with Crippen LogP contribution >= 0.6 is 11.6 Å². The molecule has 15 heavy (non-hydrogen) atoms. The Bertz CT molecular complexity index is 601. The summed E-state index contributed by atoms with van der Waals surface area (Å²) in [5.41, 5.74) is -0.712. The van der Waals surface area contributed by atoms with Crippen molar-refractivity contribution in [2.45, 2.75) is 0 Å². The molecule has 0 radical (unpaired) electrons. The Morgan fingerprint density at radius 2 is 2.07 bits per heavy atom. The molecule has 2 aromatic rings. The fourth-order valence-corrected chi connectivity index (χ4v) is 1.44. The molecular formula is C10H7ClN2O2. The number of benzene rings is 1. The van der Waals surface area contributed by atoms with Gasteiger partial charge in [0.15, 0.2) is 0 Å². The van der Waals surface area contributed by atoms with Crippen molar-refractivity contribution in [2.75, 3.05) is 0 Å². The minimum absolute atomic E-state index is 0.514. The fourth-order valence-electron chi connectivity index (χ4n) is 1.26. The van der Waals surface area contributed by atoms with E-state index in [4.69, 9.17) is 11.6 Å². The molecule has 1 heterocycles. The van der Waals surface area contributed by atoms with Crippen LogP contribution in [0.5, 0.6) is 0 Å². The topological polar surface area (TPSA) is 54.9 Å². The number of nitrogens with zero attached hydrogens (tertiary/aromatic N) is 1. The highest BCUT2D eigenvalue weighted by atomic mass is 35.5. The largest absolute Gasteiger partial charge is 0.323 e. The molecule has 5 heteroatoms. The summed E-state index contributed by atoms with van der Waals surface area (Å²) in [6.07, 6.45) is 2.89. The van der Waals surface area contributed by atoms with Gasteiger partial charge in [-0.1, -0.05) is 17.7 Å². The van der Waals surface area contributed by atoms with E-state index in [2.05, 4.69) is 4.98 Å². The first kappa shape index (κ1) is 9.73. The number of aromatic nitrogens is 2. The average Bonchev–Trinajstić information content (AvgIpc) is 2.22. The molecule has 0 fully saturated rings. The lowest BCUT2D eigenvalue weighted by atomic mass is 10.3. The quantitative estimate of drug-likeness (QED) is 0.737. The van der Waals surface area contributed by atoms with Crippen LogP contribution in [0, 0.1) is 0 Å². The number of rotatable bonds is 1. The summed E-state index contributed by atoms with van der Waals surface area (Å²) in [7, 11) is 0. The Labute approximate surface area is 89.8 Å². The highest BCUT2D eigenvalue weighted by molar-refractivity contribution is 6.30. The molecule has 0 aliphatic heterocycles. The second-order valence-corrected chi connectivity index (χ2v) is 3.38. The minimum Gasteiger partial charge on any atom is -0.323 e. The van der Waals surface area contributed by atoms with Gasteiger partial charge in [0, 0.05) is 17.4 Å². The maximum absolute atomic E-state index is 11.5. The van der Waals surface area contributed by atoms with Crippen LogP contribution in [0.25, 0.3) is 5.69 Å². The maximum atomic E-state index is 11.5. The molecule has 0 saturated heterocycles. The lowest BCUT2D eigenvalue weighted by molar-refractivity contribution is 0.928. The van der Waals surface area contributed by atoms with Crippen molar-refractivity contribution in [1.82, 2.24) is 9.55 Å². The molecule has 4 nitrogen and oxygen atoms in total. The van der Waals surface area contributed by atoms with E-state index in [1.807, 2.05) is 0 Å². The molecule has 0 amide bonds. The molecule has 0 saturated carbocycles. The number of hydrogen-bond donors (Lipinski definition) is 1. The van der Waals surface area contributed by atoms with Crippen molar-refractivity contribution in [1.29, 1.82) is 0 Å². The molecule has 2 rings (SSSR count). The van der Waals surface area contributed by atoms with Gasteiger partial charge in [-0.3, -0.25) is 14.2 Å². The van der Waals surface area contributed by atoms with E-state index < -0.39 is 11.1 Å². The molecule has 1 N–H and O–H groups in total. The van der Waals surface area contributed by atoms with Gasteiger partial charge in [-0.15, -0.1) is 0 Å². The Hall–Kier alpha value is -1.81. The summed E-state index contributed by atoms with van der Waals surface area (Å²) in [5.74, 6) is 0. The van der Waals surface area contributed by atoms with Crippen LogP contribution in [0.1, 0.15) is 0 Å². The van der Waals surface area contributed by atoms with Crippen LogP contribution in [-0.4, -0.2) is 9.55 Å². The fraction of sp³-hybridized carbons (Fsp3) is 0. The van der Waals surface area contributed by atoms with E-state index in [-0.39, 0.29) is 0 Å². The van der Waals surface area contributed by atoms with Crippen LogP contribution in [0.3, 0.4) is 0 Å². The molecule has 0 spiro atoms. The standard InChI is InChI=1S/C10H7ClN2O2/c11-7-2-1-3-8(6-7)13-5-4-12-9(14)10(13)15/h1-6H,(H,12,14). The van der Waals surface area contributed by atoms with Crippen molar-refractivity contribution >= 4 is 11.6 Å². The van der Waals surface area contributed by atoms with E-state index in [1.165, 1.54) is 17.0 Å². The summed E-state index contributed by atoms with van der Waals surface area (Å²) in [6.45, 7) is 0. The number of nitrogens with one attached hydrogen (secondary N) is 1. The van der Waals surface area contributed by atoms with Gasteiger partial charge in [0.2, 0.25) is 0 Å². The second-order valence-electron chi connectivity index (χ2n) is 2.94. The van der Waals surface area contributed by atoms with Gasteiger partial charge in [-0.25, -0.2) is 0 Å². The second kappa shape index (κ2) is 3.74. The van der Waals surface area contributed by atoms with E-state index >= 15 is 0 Å². The van der Waals surface area contributed by atoms with E-state index in [0.717, 1.165) is 0 Å². The van der Waals surface area contributed by atoms with Gasteiger partial charge in [-0.05, 0) is 18.2 Å². The summed E-state index contributed by atoms with van der Waals surface area (Å²) in [6, 6.07) is 6.73. The molecule has 0 aliphatic rings. The summed E-state index contributed by atoms with van der Waals surface area (Å²) < 4.78 is 1.24. The van der Waals surface area contributed by atoms with Crippen molar-refractivity contribution in [2.24, 2.45) is 0 Å². The van der Waals surface area contributed by atoms with Crippen LogP contribution in [0.2, 0.25) is 5.02 Å². The Balaban J connectivity index is 2.70. The van der Waals surface area contributed by atoms with Gasteiger partial charge in [0.25, 0.3) is 0 Å². The zero-order valence-electron chi connectivity index (χ0n) is 7.61. The van der Waals surface area contributed by atoms with E-state index in [0.29, 0.717) is 10.7 Å². The first-order valence-corrected chi connectivity index (χ1v) is 4.62. The highest BCUT2D eigenvalue weighted by Gasteiger charge is 2.01. The Kier molecular flexibility index (Phi) is 2.43. The monoisotopic (exact) mass is 222 g/mol. The van der Waals surface area contributed by atoms with Gasteiger partial charge < -0.3 is 4.98 Å². The average molecular weight is 223 g/mol. The predicted octanol–water partition coefficient (Wildman–Crippen LogP) is 1.18. The van der Waals surface area contributed by atoms with Crippen molar-refractivity contribution < 1.29 is 0 Å². The summed E-state index contributed by atoms with van der Waals surface area (Å²) >= 11 is 5.79. The maximum Gasteiger partial charge on any atom is 0.320 e. The Morgan fingerprint density at radius 3 is 2.80 bits per heavy atom. The van der Waals surface area contributed by atoms with Crippen LogP contribution < -0.4 is 11.1 Å². The smallest absolute Gasteiger partial charge is 0.320 e. The van der Waals surface area contributed by atoms with E-state index in [1.54, 1.807) is 24.3 Å². The van der Waals surface area contributed by atoms with Crippen molar-refractivity contribution in [3.63, 3.8) is 0 Å². The molecule has 0 atom stereocenters. The summed E-state index contributed by atoms with van der Waals surface area (Å²) in [5, 5.41) is 0.514. The van der Waals surface area contributed by atoms with Gasteiger partial charge in [0.05, 0.1) is 5.69 Å². The van der Waals surface area contributed by atoms with Crippen LogP contribution in [0.4, 0.5) is 0 Å². The molecule has 1 aromatic heterocycles. The lowest BCUT2D eigenvalue weighted by Crippen LogP contribution is -2.34. The Morgan fingerprint density at radius 1 is 1.27 bits per heavy atom. The molecule has 0 bridgehead atoms. The third-order valence-corrected chi connectivity index (χ3v) is 2.17. The van der Waals surface area contributed by atoms with Crippen molar-refractivity contribution in [3.8, 4) is 5.69 Å². The zero-order valence-corrected chi connectivity index (χ0v) is 8.36. The minimum atomic E-state index is -0.655. The van der Waals surface area contributed by atoms with Crippen molar-refractivity contribution in [3.05, 3.63) is 62.4 Å². The SMILES string of the molecule is O=c1[nH]ccn(-c2cccc(Cl)c2)c1=O. The van der Waals surface area contributed by atoms with Crippen LogP contribution in [0.15, 0.2) is 46.2 Å². The third-order valence-electron chi connectivity index (χ3n) is 1.94. The van der Waals surface area contributed by atoms with Gasteiger partial charge >= 0.3 is 11.1 Å². The normalized spacial score (nSPS) is 10.2. The molecule has 76 valence electrons. The highest BCUT2D eigenvalue weighted by Crippen LogP contribution is 2.12. The molecule has 1 aromatic carbocycles. The lowest BCUT2D eigenvalue weighted by Gasteiger charge is -2.03. The number of hydrogen-bond acceptors (Lipinski definition) is 2. The first-order chi connectivity index (χ1) is 7.18. The van der Waals surface area contributed by atoms with Crippen LogP contribution in [-0.2, 0) is 0 Å². The number of halogens is 1. The predicted molar refractivity (Wildman–Crippen MR) is 57.7 cm³/mol. The molecule has 0 unspecified atom stereocenters. The van der Waals surface area contributed by atoms with Gasteiger partial charge in [-0.2, -0.15) is 0 Å².